The second-order valence-corrected chi connectivity index (χ2v) is 5.01. The van der Waals surface area contributed by atoms with Crippen molar-refractivity contribution in [3.05, 3.63) is 23.3 Å². The van der Waals surface area contributed by atoms with E-state index < -0.39 is 8.38 Å². The summed E-state index contributed by atoms with van der Waals surface area (Å²) >= 11 is 0. The van der Waals surface area contributed by atoms with E-state index in [4.69, 9.17) is 0 Å². The van der Waals surface area contributed by atoms with Crippen molar-refractivity contribution in [3.8, 4) is 0 Å². The summed E-state index contributed by atoms with van der Waals surface area (Å²) in [5.74, 6) is 0. The van der Waals surface area contributed by atoms with Crippen LogP contribution in [0.5, 0.6) is 0 Å². The first-order valence-electron chi connectivity index (χ1n) is 5.52. The molecule has 0 atom stereocenters. The SMILES string of the molecule is CCc1c(N(C)C)ccc(P(O)O)c1CC. The largest absolute Gasteiger partial charge is 0.377 e. The van der Waals surface area contributed by atoms with Gasteiger partial charge >= 0.3 is 0 Å². The molecule has 0 amide bonds. The van der Waals surface area contributed by atoms with Crippen molar-refractivity contribution < 1.29 is 9.79 Å². The van der Waals surface area contributed by atoms with Crippen molar-refractivity contribution in [3.63, 3.8) is 0 Å². The van der Waals surface area contributed by atoms with E-state index in [0.29, 0.717) is 5.30 Å². The van der Waals surface area contributed by atoms with Gasteiger partial charge in [0.2, 0.25) is 0 Å². The highest BCUT2D eigenvalue weighted by atomic mass is 31.2. The second-order valence-electron chi connectivity index (χ2n) is 3.95. The first-order chi connectivity index (χ1) is 7.52. The molecule has 0 bridgehead atoms. The number of hydrogen-bond acceptors (Lipinski definition) is 3. The zero-order valence-corrected chi connectivity index (χ0v) is 11.3. The van der Waals surface area contributed by atoms with Crippen LogP contribution in [0.4, 0.5) is 5.69 Å². The molecule has 0 aromatic heterocycles. The van der Waals surface area contributed by atoms with Crippen LogP contribution in [-0.2, 0) is 12.8 Å². The van der Waals surface area contributed by atoms with Crippen LogP contribution in [0.1, 0.15) is 25.0 Å². The zero-order chi connectivity index (χ0) is 12.3. The van der Waals surface area contributed by atoms with Gasteiger partial charge in [0.25, 0.3) is 0 Å². The molecule has 2 N–H and O–H groups in total. The molecule has 3 nitrogen and oxygen atoms in total. The molecule has 0 unspecified atom stereocenters. The Morgan fingerprint density at radius 3 is 2.00 bits per heavy atom. The van der Waals surface area contributed by atoms with Gasteiger partial charge in [0.15, 0.2) is 8.38 Å². The maximum Gasteiger partial charge on any atom is 0.199 e. The van der Waals surface area contributed by atoms with Gasteiger partial charge in [-0.2, -0.15) is 0 Å². The Morgan fingerprint density at radius 1 is 1.06 bits per heavy atom. The molecule has 0 aliphatic rings. The third kappa shape index (κ3) is 2.54. The van der Waals surface area contributed by atoms with Gasteiger partial charge in [-0.3, -0.25) is 0 Å². The summed E-state index contributed by atoms with van der Waals surface area (Å²) in [5.41, 5.74) is 3.48. The van der Waals surface area contributed by atoms with Crippen LogP contribution in [0.15, 0.2) is 12.1 Å². The first-order valence-corrected chi connectivity index (χ1v) is 6.77. The molecule has 0 fully saturated rings. The van der Waals surface area contributed by atoms with Crippen LogP contribution in [0.3, 0.4) is 0 Å². The van der Waals surface area contributed by atoms with Gasteiger partial charge in [-0.05, 0) is 36.1 Å². The molecule has 0 aliphatic carbocycles. The highest BCUT2D eigenvalue weighted by Crippen LogP contribution is 2.31. The van der Waals surface area contributed by atoms with Crippen molar-refractivity contribution in [1.29, 1.82) is 0 Å². The molecule has 4 heteroatoms. The minimum Gasteiger partial charge on any atom is -0.377 e. The molecule has 0 aliphatic heterocycles. The second kappa shape index (κ2) is 5.62. The van der Waals surface area contributed by atoms with Gasteiger partial charge in [-0.25, -0.2) is 0 Å². The number of anilines is 1. The number of rotatable bonds is 4. The summed E-state index contributed by atoms with van der Waals surface area (Å²) in [6, 6.07) is 3.80. The summed E-state index contributed by atoms with van der Waals surface area (Å²) in [5, 5.41) is 0.694. The zero-order valence-electron chi connectivity index (χ0n) is 10.4. The Labute approximate surface area is 98.6 Å². The summed E-state index contributed by atoms with van der Waals surface area (Å²) in [4.78, 5) is 20.9. The van der Waals surface area contributed by atoms with Crippen molar-refractivity contribution in [1.82, 2.24) is 0 Å². The smallest absolute Gasteiger partial charge is 0.199 e. The van der Waals surface area contributed by atoms with E-state index in [1.807, 2.05) is 26.2 Å². The molecule has 16 heavy (non-hydrogen) atoms. The maximum atomic E-state index is 9.39. The van der Waals surface area contributed by atoms with Gasteiger partial charge < -0.3 is 14.7 Å². The number of hydrogen-bond donors (Lipinski definition) is 2. The average Bonchev–Trinajstić information content (AvgIpc) is 2.26. The van der Waals surface area contributed by atoms with Gasteiger partial charge in [0.1, 0.15) is 0 Å². The molecular weight excluding hydrogens is 221 g/mol. The van der Waals surface area contributed by atoms with E-state index in [1.54, 1.807) is 0 Å². The van der Waals surface area contributed by atoms with E-state index >= 15 is 0 Å². The molecule has 0 saturated heterocycles. The molecule has 1 aromatic rings. The summed E-state index contributed by atoms with van der Waals surface area (Å²) in [6.07, 6.45) is 1.74. The lowest BCUT2D eigenvalue weighted by Crippen LogP contribution is -2.17. The lowest BCUT2D eigenvalue weighted by Gasteiger charge is -2.22. The molecule has 1 rings (SSSR count). The van der Waals surface area contributed by atoms with Gasteiger partial charge in [0.05, 0.1) is 0 Å². The Bertz CT molecular complexity index is 329. The molecule has 0 saturated carbocycles. The van der Waals surface area contributed by atoms with Crippen LogP contribution in [0.25, 0.3) is 0 Å². The Morgan fingerprint density at radius 2 is 1.62 bits per heavy atom. The fourth-order valence-electron chi connectivity index (χ4n) is 2.06. The minimum atomic E-state index is -1.99. The molecular formula is C12H20NO2P. The molecule has 1 aromatic carbocycles. The fourth-order valence-corrected chi connectivity index (χ4v) is 2.81. The molecule has 0 heterocycles. The Kier molecular flexibility index (Phi) is 4.72. The predicted molar refractivity (Wildman–Crippen MR) is 70.5 cm³/mol. The number of nitrogens with zero attached hydrogens (tertiary/aromatic N) is 1. The van der Waals surface area contributed by atoms with Crippen LogP contribution >= 0.6 is 8.38 Å². The normalized spacial score (nSPS) is 10.9. The van der Waals surface area contributed by atoms with Crippen LogP contribution in [0, 0.1) is 0 Å². The van der Waals surface area contributed by atoms with Crippen molar-refractivity contribution >= 4 is 19.4 Å². The quantitative estimate of drug-likeness (QED) is 0.790. The summed E-state index contributed by atoms with van der Waals surface area (Å²) in [6.45, 7) is 4.15. The van der Waals surface area contributed by atoms with Crippen molar-refractivity contribution in [2.75, 3.05) is 19.0 Å². The van der Waals surface area contributed by atoms with E-state index in [9.17, 15) is 9.79 Å². The molecule has 0 radical (unpaired) electrons. The number of benzene rings is 1. The minimum absolute atomic E-state index is 0.694. The lowest BCUT2D eigenvalue weighted by atomic mass is 10.0. The van der Waals surface area contributed by atoms with Crippen LogP contribution < -0.4 is 10.2 Å². The monoisotopic (exact) mass is 241 g/mol. The fraction of sp³-hybridized carbons (Fsp3) is 0.500. The Balaban J connectivity index is 3.40. The summed E-state index contributed by atoms with van der Waals surface area (Å²) < 4.78 is 0. The first kappa shape index (κ1) is 13.4. The third-order valence-corrected chi connectivity index (χ3v) is 3.64. The highest BCUT2D eigenvalue weighted by molar-refractivity contribution is 7.54. The highest BCUT2D eigenvalue weighted by Gasteiger charge is 2.16. The maximum absolute atomic E-state index is 9.39. The summed E-state index contributed by atoms with van der Waals surface area (Å²) in [7, 11) is 2.02. The average molecular weight is 241 g/mol. The van der Waals surface area contributed by atoms with Gasteiger partial charge in [0, 0.05) is 25.1 Å². The van der Waals surface area contributed by atoms with E-state index in [0.717, 1.165) is 18.4 Å². The molecule has 0 spiro atoms. The van der Waals surface area contributed by atoms with Crippen LogP contribution in [0.2, 0.25) is 0 Å². The van der Waals surface area contributed by atoms with E-state index in [2.05, 4.69) is 18.7 Å². The van der Waals surface area contributed by atoms with Crippen molar-refractivity contribution in [2.24, 2.45) is 0 Å². The molecule has 90 valence electrons. The van der Waals surface area contributed by atoms with Crippen molar-refractivity contribution in [2.45, 2.75) is 26.7 Å². The van der Waals surface area contributed by atoms with Gasteiger partial charge in [-0.15, -0.1) is 0 Å². The third-order valence-electron chi connectivity index (χ3n) is 2.79. The van der Waals surface area contributed by atoms with E-state index in [1.165, 1.54) is 11.3 Å². The standard InChI is InChI=1S/C12H20NO2P/c1-5-9-10(6-2)12(16(14)15)8-7-11(9)13(3)4/h7-8,14-15H,5-6H2,1-4H3. The Hall–Kier alpha value is -0.630. The topological polar surface area (TPSA) is 43.7 Å². The van der Waals surface area contributed by atoms with Crippen LogP contribution in [-0.4, -0.2) is 23.9 Å². The van der Waals surface area contributed by atoms with E-state index in [-0.39, 0.29) is 0 Å². The lowest BCUT2D eigenvalue weighted by molar-refractivity contribution is 0.496. The van der Waals surface area contributed by atoms with Gasteiger partial charge in [-0.1, -0.05) is 13.8 Å². The predicted octanol–water partition coefficient (Wildman–Crippen LogP) is 1.80.